The van der Waals surface area contributed by atoms with Gasteiger partial charge in [-0.3, -0.25) is 19.8 Å². The first-order valence-corrected chi connectivity index (χ1v) is 11.1. The third kappa shape index (κ3) is 5.28. The fourth-order valence-electron chi connectivity index (χ4n) is 3.50. The summed E-state index contributed by atoms with van der Waals surface area (Å²) in [7, 11) is 1.55. The predicted octanol–water partition coefficient (Wildman–Crippen LogP) is 4.88. The average molecular weight is 491 g/mol. The molecule has 3 N–H and O–H groups in total. The number of aromatic nitrogens is 1. The zero-order valence-corrected chi connectivity index (χ0v) is 20.1. The van der Waals surface area contributed by atoms with Gasteiger partial charge in [-0.25, -0.2) is 4.68 Å². The number of benzene rings is 3. The molecule has 178 valence electrons. The summed E-state index contributed by atoms with van der Waals surface area (Å²) >= 11 is 6.12. The molecule has 4 aromatic rings. The Kier molecular flexibility index (Phi) is 6.75. The van der Waals surface area contributed by atoms with E-state index in [9.17, 15) is 14.4 Å². The smallest absolute Gasteiger partial charge is 0.328 e. The molecule has 0 aliphatic rings. The third-order valence-electron chi connectivity index (χ3n) is 5.53. The number of carbonyl (C=O) groups excluding carboxylic acids is 3. The van der Waals surface area contributed by atoms with Gasteiger partial charge in [0.2, 0.25) is 0 Å². The van der Waals surface area contributed by atoms with E-state index in [1.54, 1.807) is 67.8 Å². The fraction of sp³-hybridized carbons (Fsp3) is 0.115. The monoisotopic (exact) mass is 490 g/mol. The first kappa shape index (κ1) is 23.8. The van der Waals surface area contributed by atoms with Gasteiger partial charge in [-0.15, -0.1) is 0 Å². The molecular formula is C26H23ClN4O4. The summed E-state index contributed by atoms with van der Waals surface area (Å²) in [5.74, 6) is -1.65. The quantitative estimate of drug-likeness (QED) is 0.347. The highest BCUT2D eigenvalue weighted by Crippen LogP contribution is 2.24. The summed E-state index contributed by atoms with van der Waals surface area (Å²) in [4.78, 5) is 38.5. The van der Waals surface area contributed by atoms with Gasteiger partial charge in [0.25, 0.3) is 5.91 Å². The average Bonchev–Trinajstić information content (AvgIpc) is 3.19. The molecule has 0 spiro atoms. The molecule has 8 nitrogen and oxygen atoms in total. The summed E-state index contributed by atoms with van der Waals surface area (Å²) in [6.07, 6.45) is 0. The van der Waals surface area contributed by atoms with Crippen molar-refractivity contribution in [1.82, 2.24) is 4.68 Å². The molecule has 1 aromatic heterocycles. The van der Waals surface area contributed by atoms with E-state index in [4.69, 9.17) is 16.3 Å². The van der Waals surface area contributed by atoms with Gasteiger partial charge in [-0.05, 0) is 85.6 Å². The topological polar surface area (TPSA) is 101 Å². The minimum Gasteiger partial charge on any atom is -0.497 e. The van der Waals surface area contributed by atoms with Gasteiger partial charge in [0.1, 0.15) is 11.4 Å². The van der Waals surface area contributed by atoms with Crippen molar-refractivity contribution in [3.05, 3.63) is 88.6 Å². The van der Waals surface area contributed by atoms with Crippen LogP contribution in [0.4, 0.5) is 11.4 Å². The van der Waals surface area contributed by atoms with Crippen LogP contribution in [-0.4, -0.2) is 29.5 Å². The first-order chi connectivity index (χ1) is 16.7. The van der Waals surface area contributed by atoms with Crippen molar-refractivity contribution in [2.75, 3.05) is 23.2 Å². The Morgan fingerprint density at radius 3 is 2.20 bits per heavy atom. The molecule has 0 unspecified atom stereocenters. The molecule has 4 rings (SSSR count). The summed E-state index contributed by atoms with van der Waals surface area (Å²) in [5.41, 5.74) is 6.22. The van der Waals surface area contributed by atoms with Crippen molar-refractivity contribution in [3.63, 3.8) is 0 Å². The number of ether oxygens (including phenoxy) is 1. The number of fused-ring (bicyclic) bond motifs is 1. The van der Waals surface area contributed by atoms with Crippen LogP contribution in [0.5, 0.6) is 5.75 Å². The number of methoxy groups -OCH3 is 1. The maximum absolute atomic E-state index is 13.1. The van der Waals surface area contributed by atoms with E-state index < -0.39 is 17.7 Å². The van der Waals surface area contributed by atoms with Crippen LogP contribution in [-0.2, 0) is 9.59 Å². The first-order valence-electron chi connectivity index (χ1n) is 10.7. The number of carbonyl (C=O) groups is 3. The molecular weight excluding hydrogens is 468 g/mol. The third-order valence-corrected chi connectivity index (χ3v) is 5.76. The molecule has 0 atom stereocenters. The van der Waals surface area contributed by atoms with E-state index in [1.807, 2.05) is 19.9 Å². The molecule has 1 heterocycles. The van der Waals surface area contributed by atoms with Gasteiger partial charge in [0, 0.05) is 21.8 Å². The Morgan fingerprint density at radius 2 is 1.51 bits per heavy atom. The Balaban J connectivity index is 1.60. The SMILES string of the molecule is COc1ccc(NC(=O)c2cc3cc(Cl)ccc3n2NC(=O)C(=O)Nc2ccc(C)c(C)c2)cc1. The minimum atomic E-state index is -0.936. The van der Waals surface area contributed by atoms with Gasteiger partial charge in [0.05, 0.1) is 12.6 Å². The number of hydrogen-bond acceptors (Lipinski definition) is 4. The fourth-order valence-corrected chi connectivity index (χ4v) is 3.68. The molecule has 0 saturated carbocycles. The maximum atomic E-state index is 13.1. The highest BCUT2D eigenvalue weighted by molar-refractivity contribution is 6.42. The lowest BCUT2D eigenvalue weighted by molar-refractivity contribution is -0.133. The Hall–Kier alpha value is -4.30. The maximum Gasteiger partial charge on any atom is 0.328 e. The summed E-state index contributed by atoms with van der Waals surface area (Å²) in [6.45, 7) is 3.87. The van der Waals surface area contributed by atoms with Crippen LogP contribution < -0.4 is 20.8 Å². The number of amides is 3. The molecule has 0 aliphatic heterocycles. The highest BCUT2D eigenvalue weighted by Gasteiger charge is 2.21. The number of anilines is 2. The van der Waals surface area contributed by atoms with Crippen LogP contribution in [0.1, 0.15) is 21.6 Å². The van der Waals surface area contributed by atoms with E-state index in [1.165, 1.54) is 4.68 Å². The Labute approximate surface area is 206 Å². The van der Waals surface area contributed by atoms with E-state index >= 15 is 0 Å². The lowest BCUT2D eigenvalue weighted by Gasteiger charge is -2.13. The molecule has 0 fully saturated rings. The number of halogens is 1. The van der Waals surface area contributed by atoms with Gasteiger partial charge in [-0.1, -0.05) is 17.7 Å². The summed E-state index contributed by atoms with van der Waals surface area (Å²) in [6, 6.07) is 18.7. The molecule has 0 saturated heterocycles. The van der Waals surface area contributed by atoms with Crippen LogP contribution in [0.15, 0.2) is 66.7 Å². The summed E-state index contributed by atoms with van der Waals surface area (Å²) < 4.78 is 6.41. The van der Waals surface area contributed by atoms with Gasteiger partial charge in [0.15, 0.2) is 0 Å². The van der Waals surface area contributed by atoms with Gasteiger partial charge >= 0.3 is 11.8 Å². The lowest BCUT2D eigenvalue weighted by atomic mass is 10.1. The second-order valence-electron chi connectivity index (χ2n) is 7.94. The number of rotatable bonds is 5. The van der Waals surface area contributed by atoms with Crippen molar-refractivity contribution in [3.8, 4) is 5.75 Å². The molecule has 0 radical (unpaired) electrons. The molecule has 35 heavy (non-hydrogen) atoms. The highest BCUT2D eigenvalue weighted by atomic mass is 35.5. The zero-order valence-electron chi connectivity index (χ0n) is 19.3. The number of aryl methyl sites for hydroxylation is 2. The van der Waals surface area contributed by atoms with Crippen LogP contribution in [0, 0.1) is 13.8 Å². The molecule has 3 amide bonds. The zero-order chi connectivity index (χ0) is 25.1. The standard InChI is InChI=1S/C26H23ClN4O4/c1-15-4-6-20(12-16(15)2)29-25(33)26(34)30-31-22-11-5-18(27)13-17(22)14-23(31)24(32)28-19-7-9-21(35-3)10-8-19/h4-14H,1-3H3,(H,28,32)(H,29,33)(H,30,34). The van der Waals surface area contributed by atoms with Crippen molar-refractivity contribution in [2.24, 2.45) is 0 Å². The number of nitrogens with one attached hydrogen (secondary N) is 3. The summed E-state index contributed by atoms with van der Waals surface area (Å²) in [5, 5.41) is 6.45. The molecule has 9 heteroatoms. The molecule has 3 aromatic carbocycles. The Morgan fingerprint density at radius 1 is 0.800 bits per heavy atom. The number of hydrogen-bond donors (Lipinski definition) is 3. The van der Waals surface area contributed by atoms with Crippen molar-refractivity contribution in [1.29, 1.82) is 0 Å². The van der Waals surface area contributed by atoms with Crippen LogP contribution >= 0.6 is 11.6 Å². The van der Waals surface area contributed by atoms with Gasteiger partial charge < -0.3 is 15.4 Å². The Bertz CT molecular complexity index is 1440. The van der Waals surface area contributed by atoms with E-state index in [2.05, 4.69) is 16.1 Å². The van der Waals surface area contributed by atoms with Crippen LogP contribution in [0.3, 0.4) is 0 Å². The molecule has 0 bridgehead atoms. The second kappa shape index (κ2) is 9.90. The van der Waals surface area contributed by atoms with E-state index in [-0.39, 0.29) is 5.69 Å². The van der Waals surface area contributed by atoms with Crippen molar-refractivity contribution >= 4 is 51.6 Å². The minimum absolute atomic E-state index is 0.116. The van der Waals surface area contributed by atoms with Gasteiger partial charge in [-0.2, -0.15) is 0 Å². The van der Waals surface area contributed by atoms with E-state index in [0.717, 1.165) is 11.1 Å². The molecule has 0 aliphatic carbocycles. The van der Waals surface area contributed by atoms with Crippen LogP contribution in [0.25, 0.3) is 10.9 Å². The largest absolute Gasteiger partial charge is 0.497 e. The lowest BCUT2D eigenvalue weighted by Crippen LogP contribution is -2.36. The van der Waals surface area contributed by atoms with Crippen molar-refractivity contribution in [2.45, 2.75) is 13.8 Å². The predicted molar refractivity (Wildman–Crippen MR) is 137 cm³/mol. The second-order valence-corrected chi connectivity index (χ2v) is 8.38. The van der Waals surface area contributed by atoms with Crippen LogP contribution in [0.2, 0.25) is 5.02 Å². The normalized spacial score (nSPS) is 10.6. The van der Waals surface area contributed by atoms with Crippen molar-refractivity contribution < 1.29 is 19.1 Å². The van der Waals surface area contributed by atoms with E-state index in [0.29, 0.717) is 33.0 Å². The number of nitrogens with zero attached hydrogens (tertiary/aromatic N) is 1.